The van der Waals surface area contributed by atoms with Gasteiger partial charge in [0.1, 0.15) is 25.6 Å². The zero-order valence-corrected chi connectivity index (χ0v) is 24.9. The number of fused-ring (bicyclic) bond motifs is 1. The van der Waals surface area contributed by atoms with E-state index in [0.29, 0.717) is 73.6 Å². The largest absolute Gasteiger partial charge is 0.507 e. The van der Waals surface area contributed by atoms with E-state index in [-0.39, 0.29) is 11.3 Å². The van der Waals surface area contributed by atoms with Gasteiger partial charge in [0.05, 0.1) is 18.2 Å². The fourth-order valence-corrected chi connectivity index (χ4v) is 5.41. The summed E-state index contributed by atoms with van der Waals surface area (Å²) >= 11 is 0. The number of amides is 1. The number of likely N-dealkylation sites (N-methyl/N-ethyl adjacent to an activating group) is 1. The van der Waals surface area contributed by atoms with Gasteiger partial charge in [0, 0.05) is 18.7 Å². The highest BCUT2D eigenvalue weighted by atomic mass is 16.6. The number of Topliss-reactive ketones (excluding diaryl/α,β-unsaturated/α-hetero) is 1. The second-order valence-corrected chi connectivity index (χ2v) is 10.3. The summed E-state index contributed by atoms with van der Waals surface area (Å²) in [7, 11) is 0. The van der Waals surface area contributed by atoms with Crippen molar-refractivity contribution in [2.24, 2.45) is 0 Å². The van der Waals surface area contributed by atoms with Crippen molar-refractivity contribution in [3.8, 4) is 23.0 Å². The Morgan fingerprint density at radius 1 is 0.907 bits per heavy atom. The molecule has 0 aromatic heterocycles. The van der Waals surface area contributed by atoms with Crippen molar-refractivity contribution in [3.05, 3.63) is 89.0 Å². The molecule has 1 amide bonds. The third-order valence-corrected chi connectivity index (χ3v) is 7.73. The molecule has 3 aromatic carbocycles. The number of carbonyl (C=O) groups is 2. The Labute approximate surface area is 252 Å². The number of benzene rings is 3. The highest BCUT2D eigenvalue weighted by Crippen LogP contribution is 2.43. The lowest BCUT2D eigenvalue weighted by Crippen LogP contribution is -2.38. The Morgan fingerprint density at radius 2 is 1.65 bits per heavy atom. The molecule has 1 N–H and O–H groups in total. The van der Waals surface area contributed by atoms with Crippen molar-refractivity contribution in [3.63, 3.8) is 0 Å². The van der Waals surface area contributed by atoms with E-state index >= 15 is 0 Å². The predicted molar refractivity (Wildman–Crippen MR) is 163 cm³/mol. The van der Waals surface area contributed by atoms with E-state index in [0.717, 1.165) is 18.7 Å². The van der Waals surface area contributed by atoms with Crippen LogP contribution in [0, 0.1) is 0 Å². The molecule has 43 heavy (non-hydrogen) atoms. The van der Waals surface area contributed by atoms with Gasteiger partial charge in [-0.2, -0.15) is 0 Å². The quantitative estimate of drug-likeness (QED) is 0.176. The molecule has 2 heterocycles. The lowest BCUT2D eigenvalue weighted by molar-refractivity contribution is -0.140. The van der Waals surface area contributed by atoms with Crippen LogP contribution in [0.3, 0.4) is 0 Å². The Morgan fingerprint density at radius 3 is 2.37 bits per heavy atom. The van der Waals surface area contributed by atoms with Gasteiger partial charge in [0.25, 0.3) is 11.7 Å². The summed E-state index contributed by atoms with van der Waals surface area (Å²) in [4.78, 5) is 30.8. The number of ether oxygens (including phenoxy) is 4. The van der Waals surface area contributed by atoms with Crippen LogP contribution in [0.5, 0.6) is 23.0 Å². The van der Waals surface area contributed by atoms with Gasteiger partial charge >= 0.3 is 0 Å². The number of likely N-dealkylation sites (tertiary alicyclic amines) is 1. The Balaban J connectivity index is 1.56. The minimum Gasteiger partial charge on any atom is -0.507 e. The molecule has 9 nitrogen and oxygen atoms in total. The number of hydrogen-bond donors (Lipinski definition) is 1. The molecule has 3 aromatic rings. The normalized spacial score (nSPS) is 17.4. The number of carbonyl (C=O) groups excluding carboxylic acids is 2. The monoisotopic (exact) mass is 586 g/mol. The third-order valence-electron chi connectivity index (χ3n) is 7.73. The van der Waals surface area contributed by atoms with E-state index in [1.54, 1.807) is 35.2 Å². The van der Waals surface area contributed by atoms with E-state index in [2.05, 4.69) is 18.7 Å². The van der Waals surface area contributed by atoms with Gasteiger partial charge in [-0.05, 0) is 61.5 Å². The Kier molecular flexibility index (Phi) is 9.51. The first-order valence-corrected chi connectivity index (χ1v) is 14.8. The second-order valence-electron chi connectivity index (χ2n) is 10.3. The van der Waals surface area contributed by atoms with Gasteiger partial charge in [-0.3, -0.25) is 9.59 Å². The van der Waals surface area contributed by atoms with Gasteiger partial charge in [-0.15, -0.1) is 0 Å². The molecule has 9 heteroatoms. The van der Waals surface area contributed by atoms with Crippen molar-refractivity contribution in [2.45, 2.75) is 33.4 Å². The number of nitrogens with zero attached hydrogens (tertiary/aromatic N) is 2. The molecule has 1 atom stereocenters. The standard InChI is InChI=1S/C34H38N2O7/c1-4-35(5-2)16-17-36-31(24-12-14-27(28(20-24)40-6-3)43-22-23-10-8-7-9-11-23)30(33(38)34(36)39)32(37)25-13-15-26-29(21-25)42-19-18-41-26/h7-15,20-21,31,37H,4-6,16-19,22H2,1-3H3. The number of rotatable bonds is 12. The summed E-state index contributed by atoms with van der Waals surface area (Å²) in [5, 5.41) is 11.6. The van der Waals surface area contributed by atoms with Crippen LogP contribution in [-0.4, -0.2) is 72.6 Å². The molecule has 2 aliphatic rings. The van der Waals surface area contributed by atoms with Crippen molar-refractivity contribution in [1.82, 2.24) is 9.80 Å². The molecule has 0 radical (unpaired) electrons. The predicted octanol–water partition coefficient (Wildman–Crippen LogP) is 5.20. The molecule has 1 fully saturated rings. The van der Waals surface area contributed by atoms with Crippen LogP contribution in [0.1, 0.15) is 43.5 Å². The van der Waals surface area contributed by atoms with Crippen LogP contribution < -0.4 is 18.9 Å². The zero-order valence-electron chi connectivity index (χ0n) is 24.9. The first kappa shape index (κ1) is 30.0. The first-order chi connectivity index (χ1) is 20.9. The molecule has 1 unspecified atom stereocenters. The van der Waals surface area contributed by atoms with Crippen LogP contribution in [0.4, 0.5) is 0 Å². The number of ketones is 1. The number of hydrogen-bond acceptors (Lipinski definition) is 8. The fourth-order valence-electron chi connectivity index (χ4n) is 5.41. The SMILES string of the molecule is CCOc1cc(C2C(=C(O)c3ccc4c(c3)OCCO4)C(=O)C(=O)N2CCN(CC)CC)ccc1OCc1ccccc1. The summed E-state index contributed by atoms with van der Waals surface area (Å²) < 4.78 is 23.4. The third kappa shape index (κ3) is 6.46. The van der Waals surface area contributed by atoms with E-state index in [1.807, 2.05) is 43.3 Å². The van der Waals surface area contributed by atoms with Gasteiger partial charge in [0.15, 0.2) is 23.0 Å². The van der Waals surface area contributed by atoms with Crippen LogP contribution in [0.25, 0.3) is 5.76 Å². The maximum absolute atomic E-state index is 13.6. The molecule has 2 aliphatic heterocycles. The minimum absolute atomic E-state index is 0.0154. The zero-order chi connectivity index (χ0) is 30.3. The highest BCUT2D eigenvalue weighted by molar-refractivity contribution is 6.46. The average molecular weight is 587 g/mol. The van der Waals surface area contributed by atoms with Crippen LogP contribution in [0.2, 0.25) is 0 Å². The van der Waals surface area contributed by atoms with Gasteiger partial charge < -0.3 is 33.9 Å². The van der Waals surface area contributed by atoms with E-state index in [4.69, 9.17) is 18.9 Å². The van der Waals surface area contributed by atoms with E-state index < -0.39 is 17.7 Å². The molecule has 0 aliphatic carbocycles. The molecule has 226 valence electrons. The summed E-state index contributed by atoms with van der Waals surface area (Å²) in [6, 6.07) is 19.4. The molecule has 0 spiro atoms. The summed E-state index contributed by atoms with van der Waals surface area (Å²) in [5.74, 6) is 0.407. The van der Waals surface area contributed by atoms with Crippen molar-refractivity contribution in [1.29, 1.82) is 0 Å². The van der Waals surface area contributed by atoms with E-state index in [9.17, 15) is 14.7 Å². The Bertz CT molecular complexity index is 1480. The van der Waals surface area contributed by atoms with Crippen molar-refractivity contribution < 1.29 is 33.6 Å². The Hall–Kier alpha value is -4.50. The van der Waals surface area contributed by atoms with Crippen molar-refractivity contribution in [2.75, 3.05) is 46.0 Å². The summed E-state index contributed by atoms with van der Waals surface area (Å²) in [5.41, 5.74) is 2.02. The first-order valence-electron chi connectivity index (χ1n) is 14.8. The molecule has 0 saturated carbocycles. The topological polar surface area (TPSA) is 97.8 Å². The minimum atomic E-state index is -0.828. The molecule has 1 saturated heterocycles. The van der Waals surface area contributed by atoms with Crippen molar-refractivity contribution >= 4 is 17.4 Å². The van der Waals surface area contributed by atoms with Crippen LogP contribution in [0.15, 0.2) is 72.3 Å². The highest BCUT2D eigenvalue weighted by Gasteiger charge is 2.46. The lowest BCUT2D eigenvalue weighted by Gasteiger charge is -2.28. The van der Waals surface area contributed by atoms with Gasteiger partial charge in [-0.25, -0.2) is 0 Å². The molecular weight excluding hydrogens is 548 g/mol. The van der Waals surface area contributed by atoms with Gasteiger partial charge in [-0.1, -0.05) is 50.2 Å². The second kappa shape index (κ2) is 13.6. The van der Waals surface area contributed by atoms with Crippen LogP contribution >= 0.6 is 0 Å². The smallest absolute Gasteiger partial charge is 0.295 e. The summed E-state index contributed by atoms with van der Waals surface area (Å²) in [6.07, 6.45) is 0. The number of aliphatic hydroxyl groups is 1. The lowest BCUT2D eigenvalue weighted by atomic mass is 9.94. The number of aliphatic hydroxyl groups excluding tert-OH is 1. The maximum atomic E-state index is 13.6. The molecular formula is C34H38N2O7. The fraction of sp³-hybridized carbons (Fsp3) is 0.353. The molecule has 5 rings (SSSR count). The average Bonchev–Trinajstić information content (AvgIpc) is 3.29. The van der Waals surface area contributed by atoms with Crippen LogP contribution in [-0.2, 0) is 16.2 Å². The van der Waals surface area contributed by atoms with Gasteiger partial charge in [0.2, 0.25) is 0 Å². The molecule has 0 bridgehead atoms. The summed E-state index contributed by atoms with van der Waals surface area (Å²) in [6.45, 7) is 10.1. The maximum Gasteiger partial charge on any atom is 0.295 e. The van der Waals surface area contributed by atoms with E-state index in [1.165, 1.54) is 0 Å².